The van der Waals surface area contributed by atoms with Crippen molar-refractivity contribution in [1.29, 1.82) is 0 Å². The van der Waals surface area contributed by atoms with Crippen molar-refractivity contribution in [1.82, 2.24) is 14.3 Å². The van der Waals surface area contributed by atoms with Crippen molar-refractivity contribution in [3.63, 3.8) is 0 Å². The first-order chi connectivity index (χ1) is 13.9. The molecule has 3 aromatic rings. The van der Waals surface area contributed by atoms with E-state index in [1.807, 2.05) is 42.7 Å². The molecule has 0 saturated carbocycles. The van der Waals surface area contributed by atoms with Gasteiger partial charge in [0.2, 0.25) is 10.0 Å². The number of hydrogen-bond donors (Lipinski definition) is 1. The first kappa shape index (κ1) is 20.9. The lowest BCUT2D eigenvalue weighted by Gasteiger charge is -2.18. The van der Waals surface area contributed by atoms with Gasteiger partial charge in [0.05, 0.1) is 25.0 Å². The Kier molecular flexibility index (Phi) is 6.24. The quantitative estimate of drug-likeness (QED) is 0.600. The van der Waals surface area contributed by atoms with Gasteiger partial charge in [0.25, 0.3) is 0 Å². The highest BCUT2D eigenvalue weighted by molar-refractivity contribution is 7.89. The first-order valence-electron chi connectivity index (χ1n) is 9.31. The Morgan fingerprint density at radius 1 is 1.14 bits per heavy atom. The van der Waals surface area contributed by atoms with Crippen LogP contribution >= 0.6 is 0 Å². The van der Waals surface area contributed by atoms with Gasteiger partial charge in [0.15, 0.2) is 0 Å². The predicted molar refractivity (Wildman–Crippen MR) is 111 cm³/mol. The van der Waals surface area contributed by atoms with Gasteiger partial charge in [-0.1, -0.05) is 29.8 Å². The fourth-order valence-corrected chi connectivity index (χ4v) is 4.41. The number of benzene rings is 2. The Hall–Kier alpha value is -2.84. The maximum Gasteiger partial charge on any atom is 0.302 e. The van der Waals surface area contributed by atoms with Crippen molar-refractivity contribution in [3.8, 4) is 17.5 Å². The number of methoxy groups -OCH3 is 1. The molecule has 1 aromatic heterocycles. The zero-order chi connectivity index (χ0) is 21.0. The minimum atomic E-state index is -3.79. The number of ether oxygens (including phenoxy) is 2. The number of hydrogen-bond acceptors (Lipinski definition) is 5. The summed E-state index contributed by atoms with van der Waals surface area (Å²) in [4.78, 5) is 4.43. The molecule has 0 bridgehead atoms. The molecule has 0 aliphatic heterocycles. The van der Waals surface area contributed by atoms with Gasteiger partial charge in [0, 0.05) is 6.54 Å². The van der Waals surface area contributed by atoms with Gasteiger partial charge in [-0.25, -0.2) is 18.1 Å². The molecule has 29 heavy (non-hydrogen) atoms. The lowest BCUT2D eigenvalue weighted by Crippen LogP contribution is -2.28. The maximum absolute atomic E-state index is 12.9. The van der Waals surface area contributed by atoms with Gasteiger partial charge < -0.3 is 9.47 Å². The van der Waals surface area contributed by atoms with Gasteiger partial charge in [-0.05, 0) is 45.0 Å². The summed E-state index contributed by atoms with van der Waals surface area (Å²) >= 11 is 0. The number of para-hydroxylation sites is 1. The van der Waals surface area contributed by atoms with E-state index in [9.17, 15) is 8.42 Å². The second kappa shape index (κ2) is 8.67. The second-order valence-corrected chi connectivity index (χ2v) is 8.30. The third-order valence-electron chi connectivity index (χ3n) is 4.53. The van der Waals surface area contributed by atoms with E-state index >= 15 is 0 Å². The molecule has 0 spiro atoms. The predicted octanol–water partition coefficient (Wildman–Crippen LogP) is 4.05. The summed E-state index contributed by atoms with van der Waals surface area (Å²) in [5.74, 6) is 0.962. The van der Waals surface area contributed by atoms with Crippen LogP contribution in [0.4, 0.5) is 0 Å². The Labute approximate surface area is 171 Å². The molecular weight excluding hydrogens is 390 g/mol. The standard InChI is InChI=1S/C21H25N3O4S/c1-5-24-18(14-22-21(24)28-17-12-10-15(2)11-13-17)16(3)23-29(25,26)20-9-7-6-8-19(20)27-4/h6-14,16,23H,5H2,1-4H3. The highest BCUT2D eigenvalue weighted by Crippen LogP contribution is 2.28. The van der Waals surface area contributed by atoms with Crippen molar-refractivity contribution in [2.24, 2.45) is 0 Å². The van der Waals surface area contributed by atoms with Gasteiger partial charge in [-0.2, -0.15) is 0 Å². The highest BCUT2D eigenvalue weighted by Gasteiger charge is 2.24. The number of rotatable bonds is 8. The van der Waals surface area contributed by atoms with Crippen LogP contribution in [-0.2, 0) is 16.6 Å². The Morgan fingerprint density at radius 3 is 2.48 bits per heavy atom. The highest BCUT2D eigenvalue weighted by atomic mass is 32.2. The summed E-state index contributed by atoms with van der Waals surface area (Å²) in [5, 5.41) is 0. The number of nitrogens with one attached hydrogen (secondary N) is 1. The number of sulfonamides is 1. The zero-order valence-corrected chi connectivity index (χ0v) is 17.7. The largest absolute Gasteiger partial charge is 0.495 e. The molecule has 1 N–H and O–H groups in total. The van der Waals surface area contributed by atoms with Crippen molar-refractivity contribution < 1.29 is 17.9 Å². The SMILES string of the molecule is CCn1c(C(C)NS(=O)(=O)c2ccccc2OC)cnc1Oc1ccc(C)cc1. The molecule has 0 aliphatic rings. The summed E-state index contributed by atoms with van der Waals surface area (Å²) in [6.45, 7) is 6.31. The van der Waals surface area contributed by atoms with Crippen molar-refractivity contribution in [3.05, 3.63) is 66.0 Å². The van der Waals surface area contributed by atoms with Gasteiger partial charge in [0.1, 0.15) is 16.4 Å². The van der Waals surface area contributed by atoms with E-state index in [1.54, 1.807) is 31.3 Å². The van der Waals surface area contributed by atoms with Crippen LogP contribution in [0.1, 0.15) is 31.1 Å². The molecule has 0 fully saturated rings. The van der Waals surface area contributed by atoms with E-state index in [0.717, 1.165) is 5.56 Å². The van der Waals surface area contributed by atoms with E-state index in [2.05, 4.69) is 9.71 Å². The Bertz CT molecular complexity index is 1080. The van der Waals surface area contributed by atoms with Crippen LogP contribution in [0.5, 0.6) is 17.5 Å². The van der Waals surface area contributed by atoms with Crippen LogP contribution in [0.3, 0.4) is 0 Å². The summed E-state index contributed by atoms with van der Waals surface area (Å²) < 4.78 is 41.4. The van der Waals surface area contributed by atoms with E-state index < -0.39 is 16.1 Å². The van der Waals surface area contributed by atoms with E-state index in [-0.39, 0.29) is 4.90 Å². The molecule has 3 rings (SSSR count). The average Bonchev–Trinajstić information content (AvgIpc) is 3.12. The topological polar surface area (TPSA) is 82.5 Å². The summed E-state index contributed by atoms with van der Waals surface area (Å²) in [5.41, 5.74) is 1.84. The molecule has 8 heteroatoms. The molecule has 0 aliphatic carbocycles. The first-order valence-corrected chi connectivity index (χ1v) is 10.8. The lowest BCUT2D eigenvalue weighted by molar-refractivity contribution is 0.401. The Balaban J connectivity index is 1.85. The molecule has 7 nitrogen and oxygen atoms in total. The summed E-state index contributed by atoms with van der Waals surface area (Å²) in [7, 11) is -2.34. The molecule has 1 heterocycles. The third-order valence-corrected chi connectivity index (χ3v) is 6.11. The molecule has 1 unspecified atom stereocenters. The Morgan fingerprint density at radius 2 is 1.83 bits per heavy atom. The third kappa shape index (κ3) is 4.60. The van der Waals surface area contributed by atoms with E-state index in [1.165, 1.54) is 13.2 Å². The molecule has 2 aromatic carbocycles. The second-order valence-electron chi connectivity index (χ2n) is 6.62. The summed E-state index contributed by atoms with van der Waals surface area (Å²) in [6, 6.07) is 14.1. The maximum atomic E-state index is 12.9. The zero-order valence-electron chi connectivity index (χ0n) is 16.9. The molecule has 154 valence electrons. The minimum absolute atomic E-state index is 0.0908. The normalized spacial score (nSPS) is 12.6. The molecule has 0 radical (unpaired) electrons. The van der Waals surface area contributed by atoms with Crippen LogP contribution in [0.15, 0.2) is 59.6 Å². The number of nitrogens with zero attached hydrogens (tertiary/aromatic N) is 2. The van der Waals surface area contributed by atoms with Gasteiger partial charge in [-0.3, -0.25) is 4.57 Å². The monoisotopic (exact) mass is 415 g/mol. The number of aromatic nitrogens is 2. The van der Waals surface area contributed by atoms with Crippen LogP contribution < -0.4 is 14.2 Å². The van der Waals surface area contributed by atoms with Crippen LogP contribution in [0.25, 0.3) is 0 Å². The van der Waals surface area contributed by atoms with Crippen molar-refractivity contribution in [2.75, 3.05) is 7.11 Å². The average molecular weight is 416 g/mol. The lowest BCUT2D eigenvalue weighted by atomic mass is 10.2. The number of aryl methyl sites for hydroxylation is 1. The molecule has 1 atom stereocenters. The van der Waals surface area contributed by atoms with Gasteiger partial charge >= 0.3 is 6.01 Å². The fraction of sp³-hybridized carbons (Fsp3) is 0.286. The van der Waals surface area contributed by atoms with E-state index in [4.69, 9.17) is 9.47 Å². The van der Waals surface area contributed by atoms with Crippen molar-refractivity contribution in [2.45, 2.75) is 38.3 Å². The van der Waals surface area contributed by atoms with Crippen LogP contribution in [0, 0.1) is 6.92 Å². The van der Waals surface area contributed by atoms with Gasteiger partial charge in [-0.15, -0.1) is 0 Å². The fourth-order valence-electron chi connectivity index (χ4n) is 3.03. The number of imidazole rings is 1. The molecular formula is C21H25N3O4S. The molecule has 0 saturated heterocycles. The smallest absolute Gasteiger partial charge is 0.302 e. The van der Waals surface area contributed by atoms with Crippen LogP contribution in [0.2, 0.25) is 0 Å². The van der Waals surface area contributed by atoms with Crippen molar-refractivity contribution >= 4 is 10.0 Å². The van der Waals surface area contributed by atoms with E-state index in [0.29, 0.717) is 29.7 Å². The van der Waals surface area contributed by atoms with Crippen LogP contribution in [-0.4, -0.2) is 25.1 Å². The minimum Gasteiger partial charge on any atom is -0.495 e. The molecule has 0 amide bonds. The summed E-state index contributed by atoms with van der Waals surface area (Å²) in [6.07, 6.45) is 1.63.